The van der Waals surface area contributed by atoms with Gasteiger partial charge < -0.3 is 5.32 Å². The van der Waals surface area contributed by atoms with Crippen LogP contribution in [0.15, 0.2) is 18.3 Å². The van der Waals surface area contributed by atoms with Crippen molar-refractivity contribution >= 4 is 16.6 Å². The second-order valence-electron chi connectivity index (χ2n) is 3.87. The molecular weight excluding hydrogens is 236 g/mol. The van der Waals surface area contributed by atoms with Crippen LogP contribution in [-0.4, -0.2) is 11.5 Å². The Morgan fingerprint density at radius 2 is 2.17 bits per heavy atom. The van der Waals surface area contributed by atoms with E-state index < -0.39 is 11.6 Å². The van der Waals surface area contributed by atoms with E-state index in [1.54, 1.807) is 0 Å². The standard InChI is InChI=1S/C13H11F2N3/c1-2-3-17-13-8(6-16)7-18-11-5-9(14)4-10(15)12(11)13/h4-5,7H,2-3H2,1H3,(H,17,18). The van der Waals surface area contributed by atoms with Crippen molar-refractivity contribution in [3.63, 3.8) is 0 Å². The lowest BCUT2D eigenvalue weighted by atomic mass is 10.1. The maximum atomic E-state index is 13.8. The number of fused-ring (bicyclic) bond motifs is 1. The average molecular weight is 247 g/mol. The Bertz CT molecular complexity index is 632. The molecule has 0 atom stereocenters. The number of nitrogens with zero attached hydrogens (tertiary/aromatic N) is 2. The molecule has 2 aromatic rings. The largest absolute Gasteiger partial charge is 0.383 e. The molecule has 1 heterocycles. The number of halogens is 2. The van der Waals surface area contributed by atoms with Gasteiger partial charge in [0.15, 0.2) is 0 Å². The number of hydrogen-bond donors (Lipinski definition) is 1. The zero-order valence-corrected chi connectivity index (χ0v) is 9.80. The minimum atomic E-state index is -0.715. The highest BCUT2D eigenvalue weighted by Crippen LogP contribution is 2.28. The molecule has 0 amide bonds. The fourth-order valence-electron chi connectivity index (χ4n) is 1.76. The monoisotopic (exact) mass is 247 g/mol. The number of pyridine rings is 1. The van der Waals surface area contributed by atoms with Crippen LogP contribution in [0.4, 0.5) is 14.5 Å². The average Bonchev–Trinajstić information content (AvgIpc) is 2.35. The molecule has 0 fully saturated rings. The lowest BCUT2D eigenvalue weighted by Crippen LogP contribution is -2.04. The SMILES string of the molecule is CCCNc1c(C#N)cnc2cc(F)cc(F)c12. The summed E-state index contributed by atoms with van der Waals surface area (Å²) in [5.74, 6) is -1.40. The van der Waals surface area contributed by atoms with E-state index in [0.717, 1.165) is 18.6 Å². The first kappa shape index (κ1) is 12.2. The van der Waals surface area contributed by atoms with Gasteiger partial charge in [-0.05, 0) is 6.42 Å². The van der Waals surface area contributed by atoms with E-state index in [9.17, 15) is 8.78 Å². The van der Waals surface area contributed by atoms with E-state index in [-0.39, 0.29) is 16.5 Å². The van der Waals surface area contributed by atoms with Gasteiger partial charge >= 0.3 is 0 Å². The second kappa shape index (κ2) is 4.96. The van der Waals surface area contributed by atoms with Crippen LogP contribution in [0.25, 0.3) is 10.9 Å². The summed E-state index contributed by atoms with van der Waals surface area (Å²) >= 11 is 0. The number of nitrogens with one attached hydrogen (secondary N) is 1. The van der Waals surface area contributed by atoms with Crippen molar-refractivity contribution in [1.29, 1.82) is 5.26 Å². The zero-order valence-electron chi connectivity index (χ0n) is 9.80. The van der Waals surface area contributed by atoms with Gasteiger partial charge in [0.2, 0.25) is 0 Å². The maximum Gasteiger partial charge on any atom is 0.137 e. The number of hydrogen-bond acceptors (Lipinski definition) is 3. The summed E-state index contributed by atoms with van der Waals surface area (Å²) in [4.78, 5) is 3.90. The Balaban J connectivity index is 2.73. The molecule has 1 aromatic heterocycles. The molecule has 0 unspecified atom stereocenters. The highest BCUT2D eigenvalue weighted by molar-refractivity contribution is 5.94. The molecule has 0 aliphatic rings. The van der Waals surface area contributed by atoms with Crippen LogP contribution >= 0.6 is 0 Å². The number of nitriles is 1. The van der Waals surface area contributed by atoms with Crippen LogP contribution in [0.3, 0.4) is 0 Å². The van der Waals surface area contributed by atoms with E-state index in [0.29, 0.717) is 12.2 Å². The van der Waals surface area contributed by atoms with Gasteiger partial charge in [0, 0.05) is 24.9 Å². The summed E-state index contributed by atoms with van der Waals surface area (Å²) in [5.41, 5.74) is 0.827. The van der Waals surface area contributed by atoms with E-state index in [2.05, 4.69) is 10.3 Å². The lowest BCUT2D eigenvalue weighted by Gasteiger charge is -2.11. The van der Waals surface area contributed by atoms with Crippen molar-refractivity contribution in [2.45, 2.75) is 13.3 Å². The van der Waals surface area contributed by atoms with Gasteiger partial charge in [-0.2, -0.15) is 5.26 Å². The van der Waals surface area contributed by atoms with Crippen molar-refractivity contribution in [1.82, 2.24) is 4.98 Å². The predicted octanol–water partition coefficient (Wildman–Crippen LogP) is 3.21. The molecular formula is C13H11F2N3. The third-order valence-corrected chi connectivity index (χ3v) is 2.56. The van der Waals surface area contributed by atoms with Crippen LogP contribution in [-0.2, 0) is 0 Å². The van der Waals surface area contributed by atoms with Gasteiger partial charge in [-0.15, -0.1) is 0 Å². The number of anilines is 1. The molecule has 5 heteroatoms. The van der Waals surface area contributed by atoms with E-state index in [4.69, 9.17) is 5.26 Å². The molecule has 0 radical (unpaired) electrons. The lowest BCUT2D eigenvalue weighted by molar-refractivity contribution is 0.591. The summed E-state index contributed by atoms with van der Waals surface area (Å²) in [7, 11) is 0. The Labute approximate surface area is 103 Å². The molecule has 0 aliphatic carbocycles. The first-order valence-electron chi connectivity index (χ1n) is 5.59. The Hall–Kier alpha value is -2.22. The molecule has 1 aromatic carbocycles. The van der Waals surface area contributed by atoms with Gasteiger partial charge in [0.05, 0.1) is 22.2 Å². The first-order chi connectivity index (χ1) is 8.67. The van der Waals surface area contributed by atoms with Crippen molar-refractivity contribution in [3.8, 4) is 6.07 Å². The number of benzene rings is 1. The molecule has 0 saturated carbocycles. The highest BCUT2D eigenvalue weighted by atomic mass is 19.1. The topological polar surface area (TPSA) is 48.7 Å². The fourth-order valence-corrected chi connectivity index (χ4v) is 1.76. The van der Waals surface area contributed by atoms with E-state index in [1.165, 1.54) is 6.20 Å². The van der Waals surface area contributed by atoms with Crippen LogP contribution < -0.4 is 5.32 Å². The van der Waals surface area contributed by atoms with Crippen LogP contribution in [0.1, 0.15) is 18.9 Å². The fraction of sp³-hybridized carbons (Fsp3) is 0.231. The first-order valence-corrected chi connectivity index (χ1v) is 5.59. The molecule has 0 saturated heterocycles. The van der Waals surface area contributed by atoms with Crippen LogP contribution in [0.5, 0.6) is 0 Å². The quantitative estimate of drug-likeness (QED) is 0.906. The summed E-state index contributed by atoms with van der Waals surface area (Å²) < 4.78 is 26.9. The van der Waals surface area contributed by atoms with Gasteiger partial charge in [-0.1, -0.05) is 6.92 Å². The second-order valence-corrected chi connectivity index (χ2v) is 3.87. The van der Waals surface area contributed by atoms with Gasteiger partial charge in [-0.25, -0.2) is 8.78 Å². The number of rotatable bonds is 3. The molecule has 1 N–H and O–H groups in total. The predicted molar refractivity (Wildman–Crippen MR) is 65.2 cm³/mol. The summed E-state index contributed by atoms with van der Waals surface area (Å²) in [5, 5.41) is 12.1. The van der Waals surface area contributed by atoms with Crippen LogP contribution in [0.2, 0.25) is 0 Å². The Kier molecular flexibility index (Phi) is 3.38. The maximum absolute atomic E-state index is 13.8. The van der Waals surface area contributed by atoms with Gasteiger partial charge in [0.25, 0.3) is 0 Å². The summed E-state index contributed by atoms with van der Waals surface area (Å²) in [6.45, 7) is 2.56. The third kappa shape index (κ3) is 2.09. The van der Waals surface area contributed by atoms with Crippen molar-refractivity contribution in [3.05, 3.63) is 35.5 Å². The van der Waals surface area contributed by atoms with Crippen molar-refractivity contribution < 1.29 is 8.78 Å². The molecule has 0 bridgehead atoms. The van der Waals surface area contributed by atoms with Gasteiger partial charge in [0.1, 0.15) is 17.7 Å². The van der Waals surface area contributed by atoms with E-state index in [1.807, 2.05) is 13.0 Å². The normalized spacial score (nSPS) is 10.3. The van der Waals surface area contributed by atoms with Crippen molar-refractivity contribution in [2.75, 3.05) is 11.9 Å². The molecule has 0 spiro atoms. The van der Waals surface area contributed by atoms with Gasteiger partial charge in [-0.3, -0.25) is 4.98 Å². The summed E-state index contributed by atoms with van der Waals surface area (Å²) in [6, 6.07) is 3.90. The summed E-state index contributed by atoms with van der Waals surface area (Å²) in [6.07, 6.45) is 2.15. The minimum Gasteiger partial charge on any atom is -0.383 e. The molecule has 18 heavy (non-hydrogen) atoms. The highest BCUT2D eigenvalue weighted by Gasteiger charge is 2.13. The smallest absolute Gasteiger partial charge is 0.137 e. The molecule has 92 valence electrons. The van der Waals surface area contributed by atoms with Crippen molar-refractivity contribution in [2.24, 2.45) is 0 Å². The number of aromatic nitrogens is 1. The Morgan fingerprint density at radius 1 is 1.39 bits per heavy atom. The van der Waals surface area contributed by atoms with Crippen LogP contribution in [0, 0.1) is 23.0 Å². The minimum absolute atomic E-state index is 0.156. The van der Waals surface area contributed by atoms with E-state index >= 15 is 0 Å². The zero-order chi connectivity index (χ0) is 13.1. The molecule has 2 rings (SSSR count). The Morgan fingerprint density at radius 3 is 2.83 bits per heavy atom. The molecule has 3 nitrogen and oxygen atoms in total. The third-order valence-electron chi connectivity index (χ3n) is 2.56. The molecule has 0 aliphatic heterocycles.